The zero-order valence-corrected chi connectivity index (χ0v) is 7.75. The molecular weight excluding hydrogens is 162 g/mol. The molecule has 0 atom stereocenters. The van der Waals surface area contributed by atoms with E-state index in [-0.39, 0.29) is 0 Å². The number of hydrogen-bond donors (Lipinski definition) is 1. The minimum absolute atomic E-state index is 0.838. The van der Waals surface area contributed by atoms with E-state index in [9.17, 15) is 0 Å². The molecule has 2 nitrogen and oxygen atoms in total. The monoisotopic (exact) mass is 175 g/mol. The molecule has 1 N–H and O–H groups in total. The summed E-state index contributed by atoms with van der Waals surface area (Å²) in [7, 11) is 0. The molecule has 0 fully saturated rings. The number of fused-ring (bicyclic) bond motifs is 1. The lowest BCUT2D eigenvalue weighted by molar-refractivity contribution is 0.317. The van der Waals surface area contributed by atoms with Crippen molar-refractivity contribution in [1.82, 2.24) is 0 Å². The van der Waals surface area contributed by atoms with Crippen molar-refractivity contribution in [3.8, 4) is 0 Å². The molecule has 1 aromatic carbocycles. The van der Waals surface area contributed by atoms with Crippen molar-refractivity contribution < 1.29 is 5.21 Å². The summed E-state index contributed by atoms with van der Waals surface area (Å²) in [5, 5.41) is 12.2. The average Bonchev–Trinajstić information content (AvgIpc) is 2.18. The SMILES string of the molecule is Cc1cccc2c1CCCC2=NO. The average molecular weight is 175 g/mol. The first kappa shape index (κ1) is 8.30. The first-order valence-corrected chi connectivity index (χ1v) is 4.62. The largest absolute Gasteiger partial charge is 0.411 e. The molecule has 1 aliphatic rings. The lowest BCUT2D eigenvalue weighted by Gasteiger charge is -2.18. The van der Waals surface area contributed by atoms with Crippen molar-refractivity contribution >= 4 is 5.71 Å². The fraction of sp³-hybridized carbons (Fsp3) is 0.364. The minimum atomic E-state index is 0.838. The van der Waals surface area contributed by atoms with Crippen LogP contribution in [0.1, 0.15) is 29.5 Å². The third-order valence-corrected chi connectivity index (χ3v) is 2.68. The van der Waals surface area contributed by atoms with E-state index in [1.807, 2.05) is 12.1 Å². The normalized spacial score (nSPS) is 18.7. The zero-order valence-electron chi connectivity index (χ0n) is 7.75. The van der Waals surface area contributed by atoms with Crippen molar-refractivity contribution in [3.05, 3.63) is 34.9 Å². The van der Waals surface area contributed by atoms with Gasteiger partial charge in [-0.25, -0.2) is 0 Å². The zero-order chi connectivity index (χ0) is 9.26. The second kappa shape index (κ2) is 3.21. The fourth-order valence-corrected chi connectivity index (χ4v) is 1.98. The number of rotatable bonds is 0. The van der Waals surface area contributed by atoms with Crippen molar-refractivity contribution in [1.29, 1.82) is 0 Å². The molecule has 0 aromatic heterocycles. The second-order valence-electron chi connectivity index (χ2n) is 3.50. The smallest absolute Gasteiger partial charge is 0.0870 e. The van der Waals surface area contributed by atoms with Gasteiger partial charge in [-0.3, -0.25) is 0 Å². The summed E-state index contributed by atoms with van der Waals surface area (Å²) < 4.78 is 0. The topological polar surface area (TPSA) is 32.6 Å². The Bertz CT molecular complexity index is 355. The summed E-state index contributed by atoms with van der Waals surface area (Å²) in [6, 6.07) is 6.17. The van der Waals surface area contributed by atoms with Gasteiger partial charge in [0.05, 0.1) is 5.71 Å². The van der Waals surface area contributed by atoms with Crippen LogP contribution >= 0.6 is 0 Å². The molecule has 0 bridgehead atoms. The van der Waals surface area contributed by atoms with Crippen LogP contribution in [0.25, 0.3) is 0 Å². The van der Waals surface area contributed by atoms with Gasteiger partial charge in [0.2, 0.25) is 0 Å². The maximum Gasteiger partial charge on any atom is 0.0870 e. The van der Waals surface area contributed by atoms with Gasteiger partial charge in [0.1, 0.15) is 0 Å². The van der Waals surface area contributed by atoms with Gasteiger partial charge in [-0.15, -0.1) is 0 Å². The van der Waals surface area contributed by atoms with E-state index < -0.39 is 0 Å². The lowest BCUT2D eigenvalue weighted by Crippen LogP contribution is -2.12. The van der Waals surface area contributed by atoms with Crippen molar-refractivity contribution in [2.45, 2.75) is 26.2 Å². The molecule has 0 aliphatic heterocycles. The lowest BCUT2D eigenvalue weighted by atomic mass is 9.87. The van der Waals surface area contributed by atoms with E-state index in [1.54, 1.807) is 0 Å². The van der Waals surface area contributed by atoms with Crippen LogP contribution in [0, 0.1) is 6.92 Å². The first-order valence-electron chi connectivity index (χ1n) is 4.62. The molecule has 13 heavy (non-hydrogen) atoms. The summed E-state index contributed by atoms with van der Waals surface area (Å²) >= 11 is 0. The first-order chi connectivity index (χ1) is 6.33. The van der Waals surface area contributed by atoms with Crippen LogP contribution in [0.15, 0.2) is 23.4 Å². The van der Waals surface area contributed by atoms with Crippen LogP contribution in [-0.2, 0) is 6.42 Å². The van der Waals surface area contributed by atoms with E-state index in [2.05, 4.69) is 18.1 Å². The molecule has 0 heterocycles. The summed E-state index contributed by atoms with van der Waals surface area (Å²) in [4.78, 5) is 0. The molecule has 0 unspecified atom stereocenters. The molecule has 0 radical (unpaired) electrons. The maximum atomic E-state index is 8.82. The Morgan fingerprint density at radius 2 is 2.15 bits per heavy atom. The Hall–Kier alpha value is -1.31. The van der Waals surface area contributed by atoms with Gasteiger partial charge in [-0.05, 0) is 37.3 Å². The van der Waals surface area contributed by atoms with Crippen molar-refractivity contribution in [2.24, 2.45) is 5.16 Å². The van der Waals surface area contributed by atoms with E-state index in [4.69, 9.17) is 5.21 Å². The predicted octanol–water partition coefficient (Wildman–Crippen LogP) is 2.51. The third-order valence-electron chi connectivity index (χ3n) is 2.68. The van der Waals surface area contributed by atoms with Gasteiger partial charge in [-0.2, -0.15) is 0 Å². The number of nitrogens with zero attached hydrogens (tertiary/aromatic N) is 1. The van der Waals surface area contributed by atoms with Gasteiger partial charge in [-0.1, -0.05) is 23.4 Å². The molecule has 0 amide bonds. The van der Waals surface area contributed by atoms with Crippen molar-refractivity contribution in [3.63, 3.8) is 0 Å². The number of hydrogen-bond acceptors (Lipinski definition) is 2. The molecule has 0 saturated heterocycles. The minimum Gasteiger partial charge on any atom is -0.411 e. The highest BCUT2D eigenvalue weighted by atomic mass is 16.4. The predicted molar refractivity (Wildman–Crippen MR) is 52.4 cm³/mol. The van der Waals surface area contributed by atoms with Crippen molar-refractivity contribution in [2.75, 3.05) is 0 Å². The number of oxime groups is 1. The highest BCUT2D eigenvalue weighted by Crippen LogP contribution is 2.24. The second-order valence-corrected chi connectivity index (χ2v) is 3.50. The molecule has 1 aliphatic carbocycles. The Morgan fingerprint density at radius 1 is 1.31 bits per heavy atom. The van der Waals surface area contributed by atoms with Gasteiger partial charge in [0, 0.05) is 5.56 Å². The molecule has 0 saturated carbocycles. The number of aryl methyl sites for hydroxylation is 1. The third kappa shape index (κ3) is 1.32. The highest BCUT2D eigenvalue weighted by Gasteiger charge is 2.16. The highest BCUT2D eigenvalue weighted by molar-refractivity contribution is 6.02. The van der Waals surface area contributed by atoms with Crippen LogP contribution in [0.5, 0.6) is 0 Å². The molecule has 0 spiro atoms. The molecule has 2 rings (SSSR count). The van der Waals surface area contributed by atoms with Crippen LogP contribution in [-0.4, -0.2) is 10.9 Å². The van der Waals surface area contributed by atoms with Crippen LogP contribution in [0.4, 0.5) is 0 Å². The van der Waals surface area contributed by atoms with Gasteiger partial charge < -0.3 is 5.21 Å². The van der Waals surface area contributed by atoms with E-state index in [0.717, 1.165) is 30.5 Å². The quantitative estimate of drug-likeness (QED) is 0.477. The van der Waals surface area contributed by atoms with Crippen LogP contribution in [0.3, 0.4) is 0 Å². The van der Waals surface area contributed by atoms with Gasteiger partial charge in [0.25, 0.3) is 0 Å². The number of benzene rings is 1. The standard InChI is InChI=1S/C11H13NO/c1-8-4-2-6-10-9(8)5-3-7-11(10)12-13/h2,4,6,13H,3,5,7H2,1H3. The maximum absolute atomic E-state index is 8.82. The Balaban J connectivity index is 2.58. The molecule has 2 heteroatoms. The fourth-order valence-electron chi connectivity index (χ4n) is 1.98. The summed E-state index contributed by atoms with van der Waals surface area (Å²) in [6.07, 6.45) is 3.10. The van der Waals surface area contributed by atoms with E-state index in [0.29, 0.717) is 0 Å². The van der Waals surface area contributed by atoms with E-state index in [1.165, 1.54) is 11.1 Å². The summed E-state index contributed by atoms with van der Waals surface area (Å²) in [5.41, 5.74) is 4.62. The summed E-state index contributed by atoms with van der Waals surface area (Å²) in [6.45, 7) is 2.11. The summed E-state index contributed by atoms with van der Waals surface area (Å²) in [5.74, 6) is 0. The Kier molecular flexibility index (Phi) is 2.05. The van der Waals surface area contributed by atoms with Crippen LogP contribution in [0.2, 0.25) is 0 Å². The molecule has 68 valence electrons. The molecular formula is C11H13NO. The van der Waals surface area contributed by atoms with Gasteiger partial charge in [0.15, 0.2) is 0 Å². The Morgan fingerprint density at radius 3 is 2.92 bits per heavy atom. The van der Waals surface area contributed by atoms with Gasteiger partial charge >= 0.3 is 0 Å². The van der Waals surface area contributed by atoms with E-state index >= 15 is 0 Å². The molecule has 1 aromatic rings. The van der Waals surface area contributed by atoms with Crippen LogP contribution < -0.4 is 0 Å². The Labute approximate surface area is 77.9 Å².